The predicted molar refractivity (Wildman–Crippen MR) is 91.5 cm³/mol. The van der Waals surface area contributed by atoms with Crippen molar-refractivity contribution in [2.75, 3.05) is 18.0 Å². The fourth-order valence-electron chi connectivity index (χ4n) is 6.29. The second-order valence-corrected chi connectivity index (χ2v) is 7.66. The number of amides is 1. The molecule has 1 amide bonds. The Morgan fingerprint density at radius 1 is 1.30 bits per heavy atom. The van der Waals surface area contributed by atoms with Gasteiger partial charge in [0.1, 0.15) is 0 Å². The van der Waals surface area contributed by atoms with Crippen molar-refractivity contribution in [3.63, 3.8) is 0 Å². The van der Waals surface area contributed by atoms with E-state index in [0.29, 0.717) is 18.0 Å². The van der Waals surface area contributed by atoms with E-state index < -0.39 is 0 Å². The van der Waals surface area contributed by atoms with Gasteiger partial charge in [0.25, 0.3) is 0 Å². The summed E-state index contributed by atoms with van der Waals surface area (Å²) < 4.78 is 0. The molecule has 120 valence electrons. The molecule has 2 saturated heterocycles. The summed E-state index contributed by atoms with van der Waals surface area (Å²) in [5.41, 5.74) is 4.37. The summed E-state index contributed by atoms with van der Waals surface area (Å²) in [4.78, 5) is 17.3. The minimum atomic E-state index is 0.126. The molecule has 3 heterocycles. The van der Waals surface area contributed by atoms with Gasteiger partial charge in [-0.3, -0.25) is 9.69 Å². The number of para-hydroxylation sites is 1. The van der Waals surface area contributed by atoms with Crippen molar-refractivity contribution in [2.24, 2.45) is 5.92 Å². The Kier molecular flexibility index (Phi) is 2.68. The molecule has 23 heavy (non-hydrogen) atoms. The zero-order chi connectivity index (χ0) is 15.8. The maximum atomic E-state index is 12.5. The predicted octanol–water partition coefficient (Wildman–Crippen LogP) is 3.10. The molecule has 4 aliphatic rings. The Labute approximate surface area is 138 Å². The normalized spacial score (nSPS) is 39.5. The lowest BCUT2D eigenvalue weighted by Crippen LogP contribution is -2.61. The van der Waals surface area contributed by atoms with Gasteiger partial charge < -0.3 is 4.90 Å². The third kappa shape index (κ3) is 1.47. The Morgan fingerprint density at radius 3 is 2.91 bits per heavy atom. The molecule has 3 fully saturated rings. The van der Waals surface area contributed by atoms with E-state index in [4.69, 9.17) is 0 Å². The summed E-state index contributed by atoms with van der Waals surface area (Å²) in [6.45, 7) is 6.35. The molecule has 3 aliphatic heterocycles. The van der Waals surface area contributed by atoms with Crippen LogP contribution in [-0.2, 0) is 10.2 Å². The number of anilines is 1. The summed E-state index contributed by atoms with van der Waals surface area (Å²) in [6, 6.07) is 9.54. The summed E-state index contributed by atoms with van der Waals surface area (Å²) in [5.74, 6) is 0.869. The molecule has 0 aromatic heterocycles. The maximum absolute atomic E-state index is 12.5. The Bertz CT molecular complexity index is 724. The Balaban J connectivity index is 1.78. The lowest BCUT2D eigenvalue weighted by atomic mass is 9.58. The number of rotatable bonds is 0. The molecule has 0 N–H and O–H groups in total. The number of benzene rings is 1. The van der Waals surface area contributed by atoms with Crippen LogP contribution in [0.25, 0.3) is 0 Å². The first-order valence-electron chi connectivity index (χ1n) is 8.98. The van der Waals surface area contributed by atoms with E-state index in [0.717, 1.165) is 6.42 Å². The molecule has 1 saturated carbocycles. The van der Waals surface area contributed by atoms with Crippen LogP contribution >= 0.6 is 0 Å². The number of carbonyl (C=O) groups is 1. The minimum Gasteiger partial charge on any atom is -0.308 e. The fourth-order valence-corrected chi connectivity index (χ4v) is 6.29. The average molecular weight is 308 g/mol. The largest absolute Gasteiger partial charge is 0.308 e. The van der Waals surface area contributed by atoms with E-state index in [1.165, 1.54) is 37.2 Å². The van der Waals surface area contributed by atoms with Gasteiger partial charge in [0, 0.05) is 30.1 Å². The SMILES string of the molecule is CC=C1[C@H]2CCN3CC[C@@]4(c5ccccc5N(C(C)=O)[C@H]4C2)[C@H]13. The summed E-state index contributed by atoms with van der Waals surface area (Å²) in [7, 11) is 0. The molecule has 3 heteroatoms. The van der Waals surface area contributed by atoms with E-state index in [1.807, 2.05) is 0 Å². The minimum absolute atomic E-state index is 0.126. The fraction of sp³-hybridized carbons (Fsp3) is 0.550. The van der Waals surface area contributed by atoms with Crippen LogP contribution < -0.4 is 4.90 Å². The highest BCUT2D eigenvalue weighted by atomic mass is 16.2. The lowest BCUT2D eigenvalue weighted by molar-refractivity contribution is -0.117. The molecule has 0 radical (unpaired) electrons. The molecule has 1 aromatic rings. The number of hydrogen-bond acceptors (Lipinski definition) is 2. The Morgan fingerprint density at radius 2 is 2.13 bits per heavy atom. The van der Waals surface area contributed by atoms with E-state index in [1.54, 1.807) is 12.5 Å². The molecule has 1 aromatic carbocycles. The van der Waals surface area contributed by atoms with E-state index in [-0.39, 0.29) is 11.3 Å². The second kappa shape index (κ2) is 4.47. The molecular weight excluding hydrogens is 284 g/mol. The van der Waals surface area contributed by atoms with Crippen LogP contribution in [-0.4, -0.2) is 36.0 Å². The van der Waals surface area contributed by atoms with Gasteiger partial charge in [-0.2, -0.15) is 0 Å². The van der Waals surface area contributed by atoms with E-state index in [2.05, 4.69) is 47.1 Å². The van der Waals surface area contributed by atoms with Crippen molar-refractivity contribution >= 4 is 11.6 Å². The first kappa shape index (κ1) is 13.8. The van der Waals surface area contributed by atoms with Gasteiger partial charge in [0.2, 0.25) is 5.91 Å². The van der Waals surface area contributed by atoms with Crippen LogP contribution in [0.5, 0.6) is 0 Å². The third-order valence-corrected chi connectivity index (χ3v) is 6.97. The van der Waals surface area contributed by atoms with Gasteiger partial charge in [-0.05, 0) is 56.8 Å². The van der Waals surface area contributed by atoms with Gasteiger partial charge >= 0.3 is 0 Å². The molecule has 4 atom stereocenters. The zero-order valence-electron chi connectivity index (χ0n) is 14.0. The smallest absolute Gasteiger partial charge is 0.224 e. The number of fused-ring (bicyclic) bond motifs is 2. The van der Waals surface area contributed by atoms with Crippen molar-refractivity contribution < 1.29 is 4.79 Å². The van der Waals surface area contributed by atoms with Crippen LogP contribution in [0.4, 0.5) is 5.69 Å². The quantitative estimate of drug-likeness (QED) is 0.688. The van der Waals surface area contributed by atoms with Gasteiger partial charge in [-0.15, -0.1) is 0 Å². The van der Waals surface area contributed by atoms with Crippen LogP contribution in [0.2, 0.25) is 0 Å². The summed E-state index contributed by atoms with van der Waals surface area (Å²) >= 11 is 0. The van der Waals surface area contributed by atoms with Crippen molar-refractivity contribution in [2.45, 2.75) is 50.6 Å². The zero-order valence-corrected chi connectivity index (χ0v) is 14.0. The van der Waals surface area contributed by atoms with Crippen molar-refractivity contribution in [3.05, 3.63) is 41.5 Å². The highest BCUT2D eigenvalue weighted by molar-refractivity contribution is 5.96. The molecule has 2 bridgehead atoms. The van der Waals surface area contributed by atoms with E-state index in [9.17, 15) is 4.79 Å². The van der Waals surface area contributed by atoms with Gasteiger partial charge in [-0.25, -0.2) is 0 Å². The first-order valence-corrected chi connectivity index (χ1v) is 8.98. The molecule has 5 rings (SSSR count). The standard InChI is InChI=1S/C20H24N2O/c1-3-15-14-8-10-21-11-9-20(19(15)21)16-6-4-5-7-17(16)22(13(2)23)18(20)12-14/h3-7,14,18-19H,8-12H2,1-2H3/t14-,18-,19-,20-/m0/s1. The molecule has 0 unspecified atom stereocenters. The summed E-state index contributed by atoms with van der Waals surface area (Å²) in [6.07, 6.45) is 5.96. The topological polar surface area (TPSA) is 23.6 Å². The number of nitrogens with zero attached hydrogens (tertiary/aromatic N) is 2. The van der Waals surface area contributed by atoms with Crippen LogP contribution in [0, 0.1) is 5.92 Å². The molecule has 1 spiro atoms. The van der Waals surface area contributed by atoms with Crippen molar-refractivity contribution in [1.29, 1.82) is 0 Å². The van der Waals surface area contributed by atoms with E-state index >= 15 is 0 Å². The van der Waals surface area contributed by atoms with Crippen LogP contribution in [0.15, 0.2) is 35.9 Å². The molecule has 1 aliphatic carbocycles. The number of allylic oxidation sites excluding steroid dienone is 1. The van der Waals surface area contributed by atoms with Crippen molar-refractivity contribution in [3.8, 4) is 0 Å². The van der Waals surface area contributed by atoms with Gasteiger partial charge in [-0.1, -0.05) is 29.8 Å². The van der Waals surface area contributed by atoms with Crippen LogP contribution in [0.3, 0.4) is 0 Å². The summed E-state index contributed by atoms with van der Waals surface area (Å²) in [5, 5.41) is 0. The maximum Gasteiger partial charge on any atom is 0.224 e. The number of piperidine rings is 1. The third-order valence-electron chi connectivity index (χ3n) is 6.97. The van der Waals surface area contributed by atoms with Crippen LogP contribution in [0.1, 0.15) is 38.7 Å². The number of carbonyl (C=O) groups excluding carboxylic acids is 1. The first-order chi connectivity index (χ1) is 11.2. The Hall–Kier alpha value is -1.61. The van der Waals surface area contributed by atoms with Gasteiger partial charge in [0.05, 0.1) is 0 Å². The molecular formula is C20H24N2O. The van der Waals surface area contributed by atoms with Gasteiger partial charge in [0.15, 0.2) is 0 Å². The lowest BCUT2D eigenvalue weighted by Gasteiger charge is -2.53. The molecule has 3 nitrogen and oxygen atoms in total. The highest BCUT2D eigenvalue weighted by Crippen LogP contribution is 2.62. The second-order valence-electron chi connectivity index (χ2n) is 7.66. The number of hydrogen-bond donors (Lipinski definition) is 0. The monoisotopic (exact) mass is 308 g/mol. The average Bonchev–Trinajstić information content (AvgIpc) is 3.09. The van der Waals surface area contributed by atoms with Crippen molar-refractivity contribution in [1.82, 2.24) is 4.90 Å². The highest BCUT2D eigenvalue weighted by Gasteiger charge is 2.65.